The monoisotopic (exact) mass is 269 g/mol. The van der Waals surface area contributed by atoms with Crippen LogP contribution in [0.3, 0.4) is 0 Å². The number of pyridine rings is 1. The molecule has 0 bridgehead atoms. The third kappa shape index (κ3) is 2.48. The number of nitrogens with one attached hydrogen (secondary N) is 1. The molecule has 94 valence electrons. The Labute approximate surface area is 108 Å². The van der Waals surface area contributed by atoms with Crippen molar-refractivity contribution in [3.8, 4) is 0 Å². The van der Waals surface area contributed by atoms with Crippen molar-refractivity contribution in [3.05, 3.63) is 64.4 Å². The van der Waals surface area contributed by atoms with Crippen molar-refractivity contribution in [1.29, 1.82) is 0 Å². The van der Waals surface area contributed by atoms with Gasteiger partial charge in [0.2, 0.25) is 0 Å². The molecular formula is C12H10ClF2N3. The normalized spacial score (nSPS) is 12.4. The van der Waals surface area contributed by atoms with Crippen molar-refractivity contribution in [3.63, 3.8) is 0 Å². The number of nitrogens with zero attached hydrogens (tertiary/aromatic N) is 1. The molecular weight excluding hydrogens is 260 g/mol. The molecule has 1 aromatic carbocycles. The van der Waals surface area contributed by atoms with E-state index < -0.39 is 17.7 Å². The molecule has 1 heterocycles. The zero-order chi connectivity index (χ0) is 13.1. The average molecular weight is 270 g/mol. The second kappa shape index (κ2) is 5.39. The minimum absolute atomic E-state index is 0.215. The largest absolute Gasteiger partial charge is 0.271 e. The smallest absolute Gasteiger partial charge is 0.146 e. The molecule has 0 aliphatic heterocycles. The second-order valence-electron chi connectivity index (χ2n) is 3.66. The summed E-state index contributed by atoms with van der Waals surface area (Å²) in [6.45, 7) is 0. The summed E-state index contributed by atoms with van der Waals surface area (Å²) in [5.74, 6) is 4.26. The predicted molar refractivity (Wildman–Crippen MR) is 64.8 cm³/mol. The Balaban J connectivity index is 2.49. The predicted octanol–water partition coefficient (Wildman–Crippen LogP) is 2.57. The minimum atomic E-state index is -0.801. The van der Waals surface area contributed by atoms with Crippen LogP contribution in [0.25, 0.3) is 0 Å². The Kier molecular flexibility index (Phi) is 3.86. The van der Waals surface area contributed by atoms with Crippen molar-refractivity contribution in [2.45, 2.75) is 6.04 Å². The Morgan fingerprint density at radius 1 is 1.17 bits per heavy atom. The molecule has 0 radical (unpaired) electrons. The van der Waals surface area contributed by atoms with E-state index in [2.05, 4.69) is 10.4 Å². The third-order valence-electron chi connectivity index (χ3n) is 2.55. The van der Waals surface area contributed by atoms with Gasteiger partial charge in [-0.2, -0.15) is 0 Å². The zero-order valence-electron chi connectivity index (χ0n) is 9.20. The van der Waals surface area contributed by atoms with E-state index in [0.29, 0.717) is 0 Å². The van der Waals surface area contributed by atoms with Crippen LogP contribution in [-0.4, -0.2) is 4.98 Å². The lowest BCUT2D eigenvalue weighted by Crippen LogP contribution is -2.30. The minimum Gasteiger partial charge on any atom is -0.271 e. The van der Waals surface area contributed by atoms with Gasteiger partial charge in [-0.25, -0.2) is 14.2 Å². The van der Waals surface area contributed by atoms with Crippen LogP contribution in [0.4, 0.5) is 8.78 Å². The maximum absolute atomic E-state index is 13.8. The summed E-state index contributed by atoms with van der Waals surface area (Å²) in [5, 5.41) is 0.266. The summed E-state index contributed by atoms with van der Waals surface area (Å²) >= 11 is 5.67. The standard InChI is InChI=1S/C12H10ClF2N3/c13-7-1-2-8(10(14)5-7)12(18-16)9-3-4-17-6-11(9)15/h1-6,12,18H,16H2. The number of aromatic nitrogens is 1. The first-order valence-corrected chi connectivity index (χ1v) is 5.51. The van der Waals surface area contributed by atoms with Crippen LogP contribution in [0, 0.1) is 11.6 Å². The highest BCUT2D eigenvalue weighted by Crippen LogP contribution is 2.26. The number of hydrazine groups is 1. The van der Waals surface area contributed by atoms with Crippen LogP contribution in [0.2, 0.25) is 5.02 Å². The van der Waals surface area contributed by atoms with Crippen LogP contribution in [-0.2, 0) is 0 Å². The van der Waals surface area contributed by atoms with Crippen molar-refractivity contribution in [1.82, 2.24) is 10.4 Å². The summed E-state index contributed by atoms with van der Waals surface area (Å²) in [7, 11) is 0. The fourth-order valence-corrected chi connectivity index (χ4v) is 1.86. The lowest BCUT2D eigenvalue weighted by atomic mass is 9.99. The molecule has 2 rings (SSSR count). The molecule has 0 spiro atoms. The van der Waals surface area contributed by atoms with E-state index in [1.54, 1.807) is 0 Å². The van der Waals surface area contributed by atoms with Crippen molar-refractivity contribution in [2.75, 3.05) is 0 Å². The first-order valence-electron chi connectivity index (χ1n) is 5.14. The third-order valence-corrected chi connectivity index (χ3v) is 2.79. The highest BCUT2D eigenvalue weighted by molar-refractivity contribution is 6.30. The lowest BCUT2D eigenvalue weighted by Gasteiger charge is -2.18. The number of hydrogen-bond donors (Lipinski definition) is 2. The molecule has 6 heteroatoms. The lowest BCUT2D eigenvalue weighted by molar-refractivity contribution is 0.529. The molecule has 0 aliphatic carbocycles. The second-order valence-corrected chi connectivity index (χ2v) is 4.10. The fourth-order valence-electron chi connectivity index (χ4n) is 1.70. The molecule has 3 N–H and O–H groups in total. The molecule has 0 amide bonds. The van der Waals surface area contributed by atoms with E-state index in [0.717, 1.165) is 12.3 Å². The Morgan fingerprint density at radius 3 is 2.50 bits per heavy atom. The highest BCUT2D eigenvalue weighted by Gasteiger charge is 2.19. The van der Waals surface area contributed by atoms with E-state index >= 15 is 0 Å². The van der Waals surface area contributed by atoms with Crippen LogP contribution in [0.1, 0.15) is 17.2 Å². The Morgan fingerprint density at radius 2 is 1.89 bits per heavy atom. The molecule has 0 saturated carbocycles. The van der Waals surface area contributed by atoms with Gasteiger partial charge in [-0.1, -0.05) is 17.7 Å². The molecule has 2 aromatic rings. The Hall–Kier alpha value is -1.56. The molecule has 3 nitrogen and oxygen atoms in total. The first-order chi connectivity index (χ1) is 8.63. The van der Waals surface area contributed by atoms with Gasteiger partial charge in [0.05, 0.1) is 12.2 Å². The topological polar surface area (TPSA) is 50.9 Å². The summed E-state index contributed by atoms with van der Waals surface area (Å²) < 4.78 is 27.4. The maximum Gasteiger partial charge on any atom is 0.146 e. The van der Waals surface area contributed by atoms with Crippen LogP contribution in [0.5, 0.6) is 0 Å². The molecule has 0 aliphatic rings. The van der Waals surface area contributed by atoms with Gasteiger partial charge in [0.25, 0.3) is 0 Å². The zero-order valence-corrected chi connectivity index (χ0v) is 9.96. The van der Waals surface area contributed by atoms with Crippen LogP contribution in [0.15, 0.2) is 36.7 Å². The van der Waals surface area contributed by atoms with E-state index in [1.165, 1.54) is 24.4 Å². The quantitative estimate of drug-likeness (QED) is 0.665. The van der Waals surface area contributed by atoms with Gasteiger partial charge in [0.15, 0.2) is 0 Å². The van der Waals surface area contributed by atoms with Crippen molar-refractivity contribution >= 4 is 11.6 Å². The maximum atomic E-state index is 13.8. The van der Waals surface area contributed by atoms with Crippen LogP contribution < -0.4 is 11.3 Å². The van der Waals surface area contributed by atoms with E-state index in [4.69, 9.17) is 17.4 Å². The highest BCUT2D eigenvalue weighted by atomic mass is 35.5. The van der Waals surface area contributed by atoms with E-state index in [1.807, 2.05) is 0 Å². The molecule has 1 atom stereocenters. The van der Waals surface area contributed by atoms with Gasteiger partial charge in [-0.05, 0) is 18.2 Å². The van der Waals surface area contributed by atoms with Crippen LogP contribution >= 0.6 is 11.6 Å². The Bertz CT molecular complexity index is 563. The average Bonchev–Trinajstić information content (AvgIpc) is 2.34. The number of rotatable bonds is 3. The van der Waals surface area contributed by atoms with Gasteiger partial charge in [-0.3, -0.25) is 10.8 Å². The van der Waals surface area contributed by atoms with Gasteiger partial charge >= 0.3 is 0 Å². The summed E-state index contributed by atoms with van der Waals surface area (Å²) in [5.41, 5.74) is 2.82. The van der Waals surface area contributed by atoms with Gasteiger partial charge in [0.1, 0.15) is 11.6 Å². The number of hydrogen-bond acceptors (Lipinski definition) is 3. The first kappa shape index (κ1) is 12.9. The van der Waals surface area contributed by atoms with E-state index in [-0.39, 0.29) is 16.1 Å². The molecule has 0 fully saturated rings. The SMILES string of the molecule is NNC(c1ccncc1F)c1ccc(Cl)cc1F. The molecule has 18 heavy (non-hydrogen) atoms. The van der Waals surface area contributed by atoms with Gasteiger partial charge in [-0.15, -0.1) is 0 Å². The van der Waals surface area contributed by atoms with Crippen molar-refractivity contribution < 1.29 is 8.78 Å². The van der Waals surface area contributed by atoms with E-state index in [9.17, 15) is 8.78 Å². The molecule has 0 saturated heterocycles. The summed E-state index contributed by atoms with van der Waals surface area (Å²) in [6.07, 6.45) is 2.46. The number of halogens is 3. The summed E-state index contributed by atoms with van der Waals surface area (Å²) in [4.78, 5) is 3.63. The fraction of sp³-hybridized carbons (Fsp3) is 0.0833. The number of nitrogens with two attached hydrogens (primary N) is 1. The number of benzene rings is 1. The summed E-state index contributed by atoms with van der Waals surface area (Å²) in [6, 6.07) is 4.77. The molecule has 1 unspecified atom stereocenters. The van der Waals surface area contributed by atoms with Gasteiger partial charge < -0.3 is 0 Å². The van der Waals surface area contributed by atoms with Crippen molar-refractivity contribution in [2.24, 2.45) is 5.84 Å². The molecule has 1 aromatic heterocycles. The van der Waals surface area contributed by atoms with Gasteiger partial charge in [0, 0.05) is 22.3 Å².